The Balaban J connectivity index is 2.28. The minimum absolute atomic E-state index is 0.155. The van der Waals surface area contributed by atoms with Gasteiger partial charge < -0.3 is 10.2 Å². The molecule has 0 aromatic heterocycles. The summed E-state index contributed by atoms with van der Waals surface area (Å²) in [7, 11) is 1.89. The highest BCUT2D eigenvalue weighted by Gasteiger charge is 2.12. The highest BCUT2D eigenvalue weighted by Crippen LogP contribution is 2.28. The number of rotatable bonds is 5. The van der Waals surface area contributed by atoms with Gasteiger partial charge in [-0.2, -0.15) is 0 Å². The molecule has 21 heavy (non-hydrogen) atoms. The van der Waals surface area contributed by atoms with Crippen LogP contribution in [0.25, 0.3) is 0 Å². The monoisotopic (exact) mass is 286 g/mol. The lowest BCUT2D eigenvalue weighted by atomic mass is 10.1. The van der Waals surface area contributed by atoms with Crippen LogP contribution >= 0.6 is 0 Å². The molecule has 0 fully saturated rings. The van der Waals surface area contributed by atoms with Crippen molar-refractivity contribution in [3.8, 4) is 0 Å². The Kier molecular flexibility index (Phi) is 4.97. The first kappa shape index (κ1) is 15.5. The van der Waals surface area contributed by atoms with Gasteiger partial charge in [0.15, 0.2) is 0 Å². The molecule has 2 aromatic rings. The predicted octanol–water partition coefficient (Wildman–Crippen LogP) is 4.57. The van der Waals surface area contributed by atoms with Gasteiger partial charge in [0.2, 0.25) is 0 Å². The van der Waals surface area contributed by atoms with Crippen molar-refractivity contribution < 1.29 is 4.39 Å². The van der Waals surface area contributed by atoms with Crippen molar-refractivity contribution in [3.63, 3.8) is 0 Å². The Bertz CT molecular complexity index is 610. The molecular formula is C18H23FN2. The lowest BCUT2D eigenvalue weighted by Gasteiger charge is -2.22. The molecule has 0 spiro atoms. The van der Waals surface area contributed by atoms with Crippen LogP contribution in [-0.4, -0.2) is 13.6 Å². The van der Waals surface area contributed by atoms with Gasteiger partial charge >= 0.3 is 0 Å². The smallest absolute Gasteiger partial charge is 0.147 e. The van der Waals surface area contributed by atoms with E-state index in [0.717, 1.165) is 23.4 Å². The fourth-order valence-electron chi connectivity index (χ4n) is 2.46. The van der Waals surface area contributed by atoms with Crippen LogP contribution in [0.5, 0.6) is 0 Å². The molecule has 0 saturated heterocycles. The Morgan fingerprint density at radius 3 is 2.57 bits per heavy atom. The first-order valence-corrected chi connectivity index (χ1v) is 7.36. The van der Waals surface area contributed by atoms with Gasteiger partial charge in [0.05, 0.1) is 5.69 Å². The summed E-state index contributed by atoms with van der Waals surface area (Å²) in [5.41, 5.74) is 3.71. The molecule has 0 aliphatic carbocycles. The number of nitrogens with zero attached hydrogens (tertiary/aromatic N) is 1. The van der Waals surface area contributed by atoms with E-state index < -0.39 is 0 Å². The molecular weight excluding hydrogens is 263 g/mol. The number of hydrogen-bond acceptors (Lipinski definition) is 2. The van der Waals surface area contributed by atoms with Crippen molar-refractivity contribution >= 4 is 11.4 Å². The Hall–Kier alpha value is -1.87. The van der Waals surface area contributed by atoms with Crippen LogP contribution < -0.4 is 10.2 Å². The average molecular weight is 286 g/mol. The summed E-state index contributed by atoms with van der Waals surface area (Å²) in [5, 5.41) is 3.30. The van der Waals surface area contributed by atoms with Crippen LogP contribution in [-0.2, 0) is 0 Å². The SMILES string of the molecule is CCNC(C)c1ccc(N(C)c2cccc(C)c2)c(F)c1. The van der Waals surface area contributed by atoms with E-state index in [1.807, 2.05) is 63.1 Å². The third-order valence-electron chi connectivity index (χ3n) is 3.73. The number of halogens is 1. The van der Waals surface area contributed by atoms with E-state index >= 15 is 0 Å². The molecule has 1 atom stereocenters. The number of aryl methyl sites for hydroxylation is 1. The van der Waals surface area contributed by atoms with E-state index in [2.05, 4.69) is 11.4 Å². The fraction of sp³-hybridized carbons (Fsp3) is 0.333. The second-order valence-corrected chi connectivity index (χ2v) is 5.39. The van der Waals surface area contributed by atoms with E-state index in [-0.39, 0.29) is 11.9 Å². The molecule has 0 radical (unpaired) electrons. The topological polar surface area (TPSA) is 15.3 Å². The summed E-state index contributed by atoms with van der Waals surface area (Å²) in [4.78, 5) is 1.88. The second kappa shape index (κ2) is 6.72. The van der Waals surface area contributed by atoms with E-state index in [9.17, 15) is 4.39 Å². The number of nitrogens with one attached hydrogen (secondary N) is 1. The number of benzene rings is 2. The minimum atomic E-state index is -0.193. The highest BCUT2D eigenvalue weighted by atomic mass is 19.1. The summed E-state index contributed by atoms with van der Waals surface area (Å²) >= 11 is 0. The van der Waals surface area contributed by atoms with Gasteiger partial charge in [-0.1, -0.05) is 25.1 Å². The largest absolute Gasteiger partial charge is 0.342 e. The van der Waals surface area contributed by atoms with Gasteiger partial charge in [0, 0.05) is 18.8 Å². The second-order valence-electron chi connectivity index (χ2n) is 5.39. The first-order valence-electron chi connectivity index (χ1n) is 7.36. The molecule has 112 valence electrons. The molecule has 2 aromatic carbocycles. The summed E-state index contributed by atoms with van der Waals surface area (Å²) in [5.74, 6) is -0.193. The Morgan fingerprint density at radius 1 is 1.19 bits per heavy atom. The summed E-state index contributed by atoms with van der Waals surface area (Å²) < 4.78 is 14.4. The zero-order valence-electron chi connectivity index (χ0n) is 13.2. The lowest BCUT2D eigenvalue weighted by molar-refractivity contribution is 0.583. The van der Waals surface area contributed by atoms with Gasteiger partial charge in [0.1, 0.15) is 5.82 Å². The molecule has 2 nitrogen and oxygen atoms in total. The maximum Gasteiger partial charge on any atom is 0.147 e. The molecule has 0 aliphatic rings. The number of anilines is 2. The molecule has 3 heteroatoms. The third-order valence-corrected chi connectivity index (χ3v) is 3.73. The standard InChI is InChI=1S/C18H23FN2/c1-5-20-14(3)15-9-10-18(17(19)12-15)21(4)16-8-6-7-13(2)11-16/h6-12,14,20H,5H2,1-4H3. The fourth-order valence-corrected chi connectivity index (χ4v) is 2.46. The molecule has 1 unspecified atom stereocenters. The van der Waals surface area contributed by atoms with E-state index in [1.165, 1.54) is 0 Å². The Labute approximate surface area is 126 Å². The minimum Gasteiger partial charge on any atom is -0.342 e. The summed E-state index contributed by atoms with van der Waals surface area (Å²) in [6.45, 7) is 7.00. The highest BCUT2D eigenvalue weighted by molar-refractivity contribution is 5.64. The van der Waals surface area contributed by atoms with Gasteiger partial charge in [-0.3, -0.25) is 0 Å². The van der Waals surface area contributed by atoms with Crippen LogP contribution in [0.4, 0.5) is 15.8 Å². The van der Waals surface area contributed by atoms with Gasteiger partial charge in [0.25, 0.3) is 0 Å². The first-order chi connectivity index (χ1) is 10.0. The van der Waals surface area contributed by atoms with Crippen molar-refractivity contribution in [2.24, 2.45) is 0 Å². The molecule has 1 N–H and O–H groups in total. The normalized spacial score (nSPS) is 12.2. The van der Waals surface area contributed by atoms with Crippen molar-refractivity contribution in [2.45, 2.75) is 26.8 Å². The van der Waals surface area contributed by atoms with E-state index in [4.69, 9.17) is 0 Å². The summed E-state index contributed by atoms with van der Waals surface area (Å²) in [6, 6.07) is 13.7. The van der Waals surface area contributed by atoms with Gasteiger partial charge in [-0.25, -0.2) is 4.39 Å². The maximum absolute atomic E-state index is 14.4. The molecule has 0 bridgehead atoms. The zero-order chi connectivity index (χ0) is 15.4. The van der Waals surface area contributed by atoms with Crippen LogP contribution in [0.3, 0.4) is 0 Å². The number of hydrogen-bond donors (Lipinski definition) is 1. The van der Waals surface area contributed by atoms with Crippen molar-refractivity contribution in [1.29, 1.82) is 0 Å². The molecule has 0 heterocycles. The van der Waals surface area contributed by atoms with Crippen LogP contribution in [0.1, 0.15) is 31.0 Å². The zero-order valence-corrected chi connectivity index (χ0v) is 13.2. The van der Waals surface area contributed by atoms with E-state index in [0.29, 0.717) is 5.69 Å². The van der Waals surface area contributed by atoms with Gasteiger partial charge in [-0.05, 0) is 55.8 Å². The van der Waals surface area contributed by atoms with Crippen LogP contribution in [0.15, 0.2) is 42.5 Å². The molecule has 0 amide bonds. The molecule has 0 saturated carbocycles. The summed E-state index contributed by atoms with van der Waals surface area (Å²) in [6.07, 6.45) is 0. The van der Waals surface area contributed by atoms with Gasteiger partial charge in [-0.15, -0.1) is 0 Å². The average Bonchev–Trinajstić information content (AvgIpc) is 2.46. The van der Waals surface area contributed by atoms with Crippen molar-refractivity contribution in [2.75, 3.05) is 18.5 Å². The lowest BCUT2D eigenvalue weighted by Crippen LogP contribution is -2.18. The van der Waals surface area contributed by atoms with Crippen LogP contribution in [0, 0.1) is 12.7 Å². The molecule has 0 aliphatic heterocycles. The quantitative estimate of drug-likeness (QED) is 0.866. The van der Waals surface area contributed by atoms with Crippen molar-refractivity contribution in [3.05, 3.63) is 59.4 Å². The van der Waals surface area contributed by atoms with E-state index in [1.54, 1.807) is 6.07 Å². The third kappa shape index (κ3) is 3.61. The predicted molar refractivity (Wildman–Crippen MR) is 87.7 cm³/mol. The maximum atomic E-state index is 14.4. The molecule has 2 rings (SSSR count). The Morgan fingerprint density at radius 2 is 1.95 bits per heavy atom. The van der Waals surface area contributed by atoms with Crippen LogP contribution in [0.2, 0.25) is 0 Å². The van der Waals surface area contributed by atoms with Crippen molar-refractivity contribution in [1.82, 2.24) is 5.32 Å².